The van der Waals surface area contributed by atoms with E-state index in [9.17, 15) is 10.1 Å². The molecule has 0 amide bonds. The van der Waals surface area contributed by atoms with Gasteiger partial charge in [0.1, 0.15) is 16.4 Å². The molecule has 21 heavy (non-hydrogen) atoms. The maximum Gasteiger partial charge on any atom is 0.433 e. The molecule has 1 atom stereocenters. The molecule has 0 fully saturated rings. The van der Waals surface area contributed by atoms with Crippen molar-refractivity contribution in [1.29, 1.82) is 0 Å². The lowest BCUT2D eigenvalue weighted by atomic mass is 10.1. The Bertz CT molecular complexity index is 592. The van der Waals surface area contributed by atoms with Crippen molar-refractivity contribution >= 4 is 5.88 Å². The van der Waals surface area contributed by atoms with Crippen LogP contribution in [0.5, 0.6) is 5.75 Å². The first-order valence-corrected chi connectivity index (χ1v) is 6.79. The number of nitrogens with one attached hydrogen (secondary N) is 1. The lowest BCUT2D eigenvalue weighted by molar-refractivity contribution is -0.402. The normalized spacial score (nSPS) is 12.1. The van der Waals surface area contributed by atoms with E-state index in [0.717, 1.165) is 11.3 Å². The van der Waals surface area contributed by atoms with Gasteiger partial charge >= 0.3 is 5.88 Å². The minimum atomic E-state index is -0.542. The highest BCUT2D eigenvalue weighted by Gasteiger charge is 2.12. The molecule has 1 aromatic carbocycles. The van der Waals surface area contributed by atoms with Gasteiger partial charge in [-0.25, -0.2) is 0 Å². The van der Waals surface area contributed by atoms with E-state index in [-0.39, 0.29) is 11.9 Å². The first kappa shape index (κ1) is 15.1. The number of rotatable bonds is 7. The zero-order valence-electron chi connectivity index (χ0n) is 12.0. The molecule has 0 saturated carbocycles. The SMILES string of the molecule is CCOc1ccc(C(C)NCc2ccc([N+](=O)[O-])o2)cc1. The maximum atomic E-state index is 10.5. The molecule has 1 unspecified atom stereocenters. The fraction of sp³-hybridized carbons (Fsp3) is 0.333. The van der Waals surface area contributed by atoms with Crippen LogP contribution in [0.3, 0.4) is 0 Å². The number of furan rings is 1. The summed E-state index contributed by atoms with van der Waals surface area (Å²) in [6.07, 6.45) is 0. The van der Waals surface area contributed by atoms with Crippen molar-refractivity contribution in [2.45, 2.75) is 26.4 Å². The third-order valence-corrected chi connectivity index (χ3v) is 3.10. The minimum Gasteiger partial charge on any atom is -0.494 e. The summed E-state index contributed by atoms with van der Waals surface area (Å²) >= 11 is 0. The highest BCUT2D eigenvalue weighted by molar-refractivity contribution is 5.29. The van der Waals surface area contributed by atoms with Gasteiger partial charge in [0.25, 0.3) is 0 Å². The van der Waals surface area contributed by atoms with Crippen molar-refractivity contribution in [3.05, 3.63) is 57.8 Å². The first-order chi connectivity index (χ1) is 10.1. The number of benzene rings is 1. The molecular weight excluding hydrogens is 272 g/mol. The van der Waals surface area contributed by atoms with E-state index in [1.807, 2.05) is 38.1 Å². The van der Waals surface area contributed by atoms with Crippen molar-refractivity contribution in [2.75, 3.05) is 6.61 Å². The lowest BCUT2D eigenvalue weighted by Crippen LogP contribution is -2.17. The largest absolute Gasteiger partial charge is 0.494 e. The number of hydrogen-bond acceptors (Lipinski definition) is 5. The maximum absolute atomic E-state index is 10.5. The molecule has 2 rings (SSSR count). The molecule has 112 valence electrons. The minimum absolute atomic E-state index is 0.102. The van der Waals surface area contributed by atoms with Crippen LogP contribution in [0.4, 0.5) is 5.88 Å². The van der Waals surface area contributed by atoms with Gasteiger partial charge in [-0.15, -0.1) is 0 Å². The van der Waals surface area contributed by atoms with Crippen LogP contribution in [0.25, 0.3) is 0 Å². The summed E-state index contributed by atoms with van der Waals surface area (Å²) in [6.45, 7) is 5.04. The van der Waals surface area contributed by atoms with E-state index < -0.39 is 4.92 Å². The summed E-state index contributed by atoms with van der Waals surface area (Å²) in [5.74, 6) is 1.15. The molecule has 1 N–H and O–H groups in total. The number of nitrogens with zero attached hydrogens (tertiary/aromatic N) is 1. The van der Waals surface area contributed by atoms with Gasteiger partial charge in [0.2, 0.25) is 0 Å². The Balaban J connectivity index is 1.91. The second-order valence-electron chi connectivity index (χ2n) is 4.60. The molecule has 0 saturated heterocycles. The van der Waals surface area contributed by atoms with Crippen LogP contribution in [0, 0.1) is 10.1 Å². The quantitative estimate of drug-likeness (QED) is 0.624. The molecule has 6 nitrogen and oxygen atoms in total. The van der Waals surface area contributed by atoms with E-state index in [0.29, 0.717) is 18.9 Å². The third kappa shape index (κ3) is 4.06. The summed E-state index contributed by atoms with van der Waals surface area (Å²) in [7, 11) is 0. The Hall–Kier alpha value is -2.34. The molecule has 0 aliphatic rings. The van der Waals surface area contributed by atoms with Gasteiger partial charge in [-0.3, -0.25) is 10.1 Å². The monoisotopic (exact) mass is 290 g/mol. The van der Waals surface area contributed by atoms with Gasteiger partial charge < -0.3 is 14.5 Å². The van der Waals surface area contributed by atoms with E-state index in [2.05, 4.69) is 5.32 Å². The Labute approximate surface area is 122 Å². The van der Waals surface area contributed by atoms with Gasteiger partial charge in [0.05, 0.1) is 19.2 Å². The molecular formula is C15H18N2O4. The van der Waals surface area contributed by atoms with Gasteiger partial charge in [0.15, 0.2) is 0 Å². The summed E-state index contributed by atoms with van der Waals surface area (Å²) < 4.78 is 10.5. The van der Waals surface area contributed by atoms with Crippen LogP contribution in [0.1, 0.15) is 31.2 Å². The fourth-order valence-electron chi connectivity index (χ4n) is 1.95. The molecule has 0 bridgehead atoms. The van der Waals surface area contributed by atoms with Gasteiger partial charge in [-0.2, -0.15) is 0 Å². The van der Waals surface area contributed by atoms with Crippen molar-refractivity contribution in [3.63, 3.8) is 0 Å². The van der Waals surface area contributed by atoms with Crippen molar-refractivity contribution in [1.82, 2.24) is 5.32 Å². The smallest absolute Gasteiger partial charge is 0.433 e. The topological polar surface area (TPSA) is 77.5 Å². The Kier molecular flexibility index (Phi) is 4.94. The Morgan fingerprint density at radius 1 is 1.29 bits per heavy atom. The number of ether oxygens (including phenoxy) is 1. The van der Waals surface area contributed by atoms with Crippen LogP contribution in [0.15, 0.2) is 40.8 Å². The van der Waals surface area contributed by atoms with E-state index in [1.54, 1.807) is 6.07 Å². The highest BCUT2D eigenvalue weighted by Crippen LogP contribution is 2.19. The van der Waals surface area contributed by atoms with Crippen LogP contribution in [0.2, 0.25) is 0 Å². The van der Waals surface area contributed by atoms with Gasteiger partial charge in [0, 0.05) is 6.04 Å². The third-order valence-electron chi connectivity index (χ3n) is 3.10. The standard InChI is InChI=1S/C15H18N2O4/c1-3-20-13-6-4-12(5-7-13)11(2)16-10-14-8-9-15(21-14)17(18)19/h4-9,11,16H,3,10H2,1-2H3. The van der Waals surface area contributed by atoms with Crippen LogP contribution in [-0.2, 0) is 6.54 Å². The van der Waals surface area contributed by atoms with Crippen LogP contribution in [-0.4, -0.2) is 11.5 Å². The summed E-state index contributed by atoms with van der Waals surface area (Å²) in [5.41, 5.74) is 1.11. The van der Waals surface area contributed by atoms with E-state index in [1.165, 1.54) is 6.07 Å². The first-order valence-electron chi connectivity index (χ1n) is 6.79. The average Bonchev–Trinajstić information content (AvgIpc) is 2.95. The van der Waals surface area contributed by atoms with Crippen LogP contribution < -0.4 is 10.1 Å². The zero-order chi connectivity index (χ0) is 15.2. The van der Waals surface area contributed by atoms with Crippen LogP contribution >= 0.6 is 0 Å². The van der Waals surface area contributed by atoms with Crippen molar-refractivity contribution in [2.24, 2.45) is 0 Å². The van der Waals surface area contributed by atoms with E-state index in [4.69, 9.17) is 9.15 Å². The number of nitro groups is 1. The van der Waals surface area contributed by atoms with Gasteiger partial charge in [-0.1, -0.05) is 12.1 Å². The molecule has 1 aromatic heterocycles. The second kappa shape index (κ2) is 6.90. The summed E-state index contributed by atoms with van der Waals surface area (Å²) in [4.78, 5) is 10.00. The summed E-state index contributed by atoms with van der Waals surface area (Å²) in [6, 6.07) is 10.9. The van der Waals surface area contributed by atoms with E-state index >= 15 is 0 Å². The zero-order valence-corrected chi connectivity index (χ0v) is 12.0. The fourth-order valence-corrected chi connectivity index (χ4v) is 1.95. The predicted molar refractivity (Wildman–Crippen MR) is 78.2 cm³/mol. The predicted octanol–water partition coefficient (Wildman–Crippen LogP) is 3.44. The summed E-state index contributed by atoms with van der Waals surface area (Å²) in [5, 5.41) is 13.8. The van der Waals surface area contributed by atoms with Gasteiger partial charge in [-0.05, 0) is 37.6 Å². The molecule has 2 aromatic rings. The average molecular weight is 290 g/mol. The molecule has 0 spiro atoms. The number of hydrogen-bond donors (Lipinski definition) is 1. The Morgan fingerprint density at radius 3 is 2.57 bits per heavy atom. The van der Waals surface area contributed by atoms with Crippen molar-refractivity contribution in [3.8, 4) is 5.75 Å². The molecule has 6 heteroatoms. The molecule has 0 radical (unpaired) electrons. The molecule has 0 aliphatic heterocycles. The van der Waals surface area contributed by atoms with Crippen molar-refractivity contribution < 1.29 is 14.1 Å². The Morgan fingerprint density at radius 2 is 2.00 bits per heavy atom. The second-order valence-corrected chi connectivity index (χ2v) is 4.60. The lowest BCUT2D eigenvalue weighted by Gasteiger charge is -2.13. The molecule has 1 heterocycles. The highest BCUT2D eigenvalue weighted by atomic mass is 16.6. The molecule has 0 aliphatic carbocycles.